The lowest BCUT2D eigenvalue weighted by Gasteiger charge is -2.38. The zero-order valence-corrected chi connectivity index (χ0v) is 20.1. The van der Waals surface area contributed by atoms with Gasteiger partial charge in [-0.2, -0.15) is 0 Å². The number of amides is 2. The molecule has 1 saturated heterocycles. The number of benzene rings is 4. The summed E-state index contributed by atoms with van der Waals surface area (Å²) in [6.45, 7) is 1.94. The van der Waals surface area contributed by atoms with E-state index in [0.29, 0.717) is 11.4 Å². The largest absolute Gasteiger partial charge is 0.425 e. The van der Waals surface area contributed by atoms with Gasteiger partial charge in [-0.15, -0.1) is 0 Å². The van der Waals surface area contributed by atoms with Gasteiger partial charge in [0, 0.05) is 11.5 Å². The highest BCUT2D eigenvalue weighted by atomic mass is 16.5. The van der Waals surface area contributed by atoms with E-state index < -0.39 is 23.7 Å². The molecule has 2 heterocycles. The second-order valence-electron chi connectivity index (χ2n) is 10.1. The maximum absolute atomic E-state index is 14.1. The summed E-state index contributed by atoms with van der Waals surface area (Å²) in [6.07, 6.45) is 2.02. The van der Waals surface area contributed by atoms with E-state index in [1.165, 1.54) is 4.90 Å². The second-order valence-corrected chi connectivity index (χ2v) is 10.1. The molecule has 4 aromatic rings. The Kier molecular flexibility index (Phi) is 4.70. The van der Waals surface area contributed by atoms with Crippen molar-refractivity contribution in [1.29, 1.82) is 0 Å². The average molecular weight is 486 g/mol. The molecular formula is C32H23NO4. The average Bonchev–Trinajstić information content (AvgIpc) is 3.18. The molecule has 0 bridgehead atoms. The number of carbonyl (C=O) groups is 3. The van der Waals surface area contributed by atoms with Crippen LogP contribution >= 0.6 is 0 Å². The van der Waals surface area contributed by atoms with Gasteiger partial charge in [0.1, 0.15) is 5.75 Å². The highest BCUT2D eigenvalue weighted by Crippen LogP contribution is 2.54. The number of esters is 1. The van der Waals surface area contributed by atoms with Gasteiger partial charge in [0.15, 0.2) is 0 Å². The number of ether oxygens (including phenoxy) is 1. The van der Waals surface area contributed by atoms with Crippen LogP contribution in [0.4, 0.5) is 5.69 Å². The first-order valence-corrected chi connectivity index (χ1v) is 12.5. The molecule has 0 N–H and O–H groups in total. The Morgan fingerprint density at radius 3 is 2.27 bits per heavy atom. The van der Waals surface area contributed by atoms with Crippen LogP contribution in [0, 0.1) is 24.7 Å². The molecular weight excluding hydrogens is 462 g/mol. The van der Waals surface area contributed by atoms with Crippen LogP contribution in [0.15, 0.2) is 97.1 Å². The van der Waals surface area contributed by atoms with Crippen LogP contribution in [0.5, 0.6) is 5.75 Å². The lowest BCUT2D eigenvalue weighted by atomic mass is 9.64. The zero-order valence-electron chi connectivity index (χ0n) is 20.1. The Morgan fingerprint density at radius 2 is 1.46 bits per heavy atom. The van der Waals surface area contributed by atoms with Crippen molar-refractivity contribution in [3.8, 4) is 5.75 Å². The summed E-state index contributed by atoms with van der Waals surface area (Å²) < 4.78 is 5.75. The lowest BCUT2D eigenvalue weighted by molar-refractivity contribution is -0.142. The van der Waals surface area contributed by atoms with E-state index in [4.69, 9.17) is 4.74 Å². The summed E-state index contributed by atoms with van der Waals surface area (Å²) in [6, 6.07) is 28.9. The molecule has 2 amide bonds. The van der Waals surface area contributed by atoms with E-state index in [1.807, 2.05) is 97.9 Å². The van der Waals surface area contributed by atoms with Crippen LogP contribution in [0.25, 0.3) is 16.3 Å². The highest BCUT2D eigenvalue weighted by Gasteiger charge is 2.60. The van der Waals surface area contributed by atoms with Crippen molar-refractivity contribution in [2.75, 3.05) is 4.90 Å². The summed E-state index contributed by atoms with van der Waals surface area (Å²) >= 11 is 0. The van der Waals surface area contributed by atoms with E-state index in [0.717, 1.165) is 33.0 Å². The molecule has 0 aromatic heterocycles. The number of allylic oxidation sites excluding steroid dienone is 1. The number of rotatable bonds is 2. The Labute approximate surface area is 214 Å². The molecule has 0 spiro atoms. The lowest BCUT2D eigenvalue weighted by Crippen LogP contribution is -2.42. The number of fused-ring (bicyclic) bond motifs is 6. The van der Waals surface area contributed by atoms with Gasteiger partial charge in [-0.25, -0.2) is 4.90 Å². The summed E-state index contributed by atoms with van der Waals surface area (Å²) in [7, 11) is 0. The van der Waals surface area contributed by atoms with Gasteiger partial charge < -0.3 is 4.74 Å². The minimum Gasteiger partial charge on any atom is -0.425 e. The first kappa shape index (κ1) is 21.7. The van der Waals surface area contributed by atoms with Gasteiger partial charge in [-0.05, 0) is 52.6 Å². The van der Waals surface area contributed by atoms with E-state index in [9.17, 15) is 14.4 Å². The molecule has 0 unspecified atom stereocenters. The summed E-state index contributed by atoms with van der Waals surface area (Å²) in [5.41, 5.74) is 4.02. The van der Waals surface area contributed by atoms with Crippen LogP contribution in [-0.2, 0) is 14.4 Å². The smallest absolute Gasteiger partial charge is 0.319 e. The standard InChI is InChI=1S/C32H23NO4/c1-18-11-14-23-25-17-24(20-8-3-2-4-9-20)27-29(28(25)32(36)37-26(23)15-18)31(35)33(30(27)34)22-13-12-19-7-5-6-10-21(19)16-22/h2-17,24,27-29H,1H3/t24-,27-,28-,29-/m1/s1. The molecule has 37 heavy (non-hydrogen) atoms. The van der Waals surface area contributed by atoms with Crippen molar-refractivity contribution < 1.29 is 19.1 Å². The Hall–Kier alpha value is -4.51. The van der Waals surface area contributed by atoms with Crippen LogP contribution in [0.2, 0.25) is 0 Å². The molecule has 7 rings (SSSR count). The molecule has 0 saturated carbocycles. The summed E-state index contributed by atoms with van der Waals surface area (Å²) in [4.78, 5) is 42.9. The predicted molar refractivity (Wildman–Crippen MR) is 141 cm³/mol. The molecule has 4 atom stereocenters. The quantitative estimate of drug-likeness (QED) is 0.209. The molecule has 0 radical (unpaired) electrons. The summed E-state index contributed by atoms with van der Waals surface area (Å²) in [5, 5.41) is 1.96. The van der Waals surface area contributed by atoms with Gasteiger partial charge in [0.05, 0.1) is 23.4 Å². The van der Waals surface area contributed by atoms with Gasteiger partial charge >= 0.3 is 5.97 Å². The minimum absolute atomic E-state index is 0.281. The van der Waals surface area contributed by atoms with Crippen molar-refractivity contribution >= 4 is 39.8 Å². The maximum Gasteiger partial charge on any atom is 0.319 e. The van der Waals surface area contributed by atoms with Crippen molar-refractivity contribution in [3.63, 3.8) is 0 Å². The highest BCUT2D eigenvalue weighted by molar-refractivity contribution is 6.25. The minimum atomic E-state index is -0.842. The number of hydrogen-bond acceptors (Lipinski definition) is 4. The topological polar surface area (TPSA) is 63.7 Å². The van der Waals surface area contributed by atoms with Crippen LogP contribution in [0.1, 0.15) is 22.6 Å². The first-order chi connectivity index (χ1) is 18.0. The molecule has 5 heteroatoms. The monoisotopic (exact) mass is 485 g/mol. The van der Waals surface area contributed by atoms with Gasteiger partial charge in [-0.1, -0.05) is 78.9 Å². The molecule has 5 nitrogen and oxygen atoms in total. The Morgan fingerprint density at radius 1 is 0.730 bits per heavy atom. The fourth-order valence-corrected chi connectivity index (χ4v) is 6.24. The maximum atomic E-state index is 14.1. The molecule has 3 aliphatic rings. The number of anilines is 1. The third-order valence-electron chi connectivity index (χ3n) is 7.93. The first-order valence-electron chi connectivity index (χ1n) is 12.5. The second kappa shape index (κ2) is 8.00. The molecule has 180 valence electrons. The number of carbonyl (C=O) groups excluding carboxylic acids is 3. The van der Waals surface area contributed by atoms with E-state index in [1.54, 1.807) is 6.07 Å². The van der Waals surface area contributed by atoms with E-state index >= 15 is 0 Å². The van der Waals surface area contributed by atoms with Crippen LogP contribution in [0.3, 0.4) is 0 Å². The van der Waals surface area contributed by atoms with Crippen molar-refractivity contribution in [1.82, 2.24) is 0 Å². The number of imide groups is 1. The Balaban J connectivity index is 1.41. The third kappa shape index (κ3) is 3.20. The Bertz CT molecular complexity index is 1650. The number of nitrogens with zero attached hydrogens (tertiary/aromatic N) is 1. The molecule has 1 aliphatic carbocycles. The summed E-state index contributed by atoms with van der Waals surface area (Å²) in [5.74, 6) is -3.33. The van der Waals surface area contributed by atoms with E-state index in [-0.39, 0.29) is 17.7 Å². The fourth-order valence-electron chi connectivity index (χ4n) is 6.24. The van der Waals surface area contributed by atoms with Gasteiger partial charge in [-0.3, -0.25) is 14.4 Å². The van der Waals surface area contributed by atoms with Gasteiger partial charge in [0.2, 0.25) is 11.8 Å². The van der Waals surface area contributed by atoms with Gasteiger partial charge in [0.25, 0.3) is 0 Å². The fraction of sp³-hybridized carbons (Fsp3) is 0.156. The number of aryl methyl sites for hydroxylation is 1. The third-order valence-corrected chi connectivity index (χ3v) is 7.93. The molecule has 1 fully saturated rings. The van der Waals surface area contributed by atoms with Crippen LogP contribution < -0.4 is 9.64 Å². The molecule has 2 aliphatic heterocycles. The normalized spacial score (nSPS) is 24.3. The van der Waals surface area contributed by atoms with Crippen LogP contribution in [-0.4, -0.2) is 17.8 Å². The predicted octanol–water partition coefficient (Wildman–Crippen LogP) is 5.67. The SMILES string of the molecule is Cc1ccc2c(c1)OC(=O)[C@@H]1C2=C[C@H](c2ccccc2)[C@H]2C(=O)N(c3ccc4ccccc4c3)C(=O)[C@@H]12. The van der Waals surface area contributed by atoms with E-state index in [2.05, 4.69) is 0 Å². The molecule has 4 aromatic carbocycles. The van der Waals surface area contributed by atoms with Crippen molar-refractivity contribution in [2.24, 2.45) is 17.8 Å². The van der Waals surface area contributed by atoms with Crippen molar-refractivity contribution in [2.45, 2.75) is 12.8 Å². The zero-order chi connectivity index (χ0) is 25.3. The number of hydrogen-bond donors (Lipinski definition) is 0. The van der Waals surface area contributed by atoms with Crippen molar-refractivity contribution in [3.05, 3.63) is 114 Å².